The molecule has 1 N–H and O–H groups in total. The van der Waals surface area contributed by atoms with Gasteiger partial charge in [-0.15, -0.1) is 0 Å². The quantitative estimate of drug-likeness (QED) is 0.650. The highest BCUT2D eigenvalue weighted by molar-refractivity contribution is 4.80. The van der Waals surface area contributed by atoms with Crippen LogP contribution in [0.25, 0.3) is 0 Å². The van der Waals surface area contributed by atoms with Crippen molar-refractivity contribution in [1.82, 2.24) is 5.32 Å². The van der Waals surface area contributed by atoms with Gasteiger partial charge >= 0.3 is 0 Å². The summed E-state index contributed by atoms with van der Waals surface area (Å²) in [6.07, 6.45) is -0.128. The lowest BCUT2D eigenvalue weighted by atomic mass is 9.97. The Morgan fingerprint density at radius 3 is 1.70 bits per heavy atom. The monoisotopic (exact) mass is 151 g/mol. The Hall–Kier alpha value is -0.180. The van der Waals surface area contributed by atoms with Gasteiger partial charge in [-0.1, -0.05) is 0 Å². The molecular weight excluding hydrogens is 136 g/mol. The van der Waals surface area contributed by atoms with Gasteiger partial charge in [0.1, 0.15) is 0 Å². The van der Waals surface area contributed by atoms with E-state index in [0.29, 0.717) is 0 Å². The van der Waals surface area contributed by atoms with Gasteiger partial charge in [0, 0.05) is 12.0 Å². The highest BCUT2D eigenvalue weighted by Crippen LogP contribution is 2.24. The molecular formula is C7H15F2N. The second kappa shape index (κ2) is 2.82. The summed E-state index contributed by atoms with van der Waals surface area (Å²) in [5.74, 6) is -2.58. The van der Waals surface area contributed by atoms with E-state index in [9.17, 15) is 8.78 Å². The van der Waals surface area contributed by atoms with Crippen LogP contribution < -0.4 is 5.32 Å². The molecule has 0 saturated carbocycles. The van der Waals surface area contributed by atoms with Crippen molar-refractivity contribution in [3.63, 3.8) is 0 Å². The van der Waals surface area contributed by atoms with Crippen molar-refractivity contribution in [2.75, 3.05) is 7.05 Å². The van der Waals surface area contributed by atoms with Crippen molar-refractivity contribution in [3.8, 4) is 0 Å². The zero-order chi connectivity index (χ0) is 8.41. The Bertz CT molecular complexity index is 105. The molecule has 0 fully saturated rings. The second-order valence-corrected chi connectivity index (χ2v) is 3.38. The number of hydrogen-bond donors (Lipinski definition) is 1. The van der Waals surface area contributed by atoms with E-state index in [4.69, 9.17) is 0 Å². The fraction of sp³-hybridized carbons (Fsp3) is 1.00. The lowest BCUT2D eigenvalue weighted by Gasteiger charge is -2.27. The van der Waals surface area contributed by atoms with Crippen molar-refractivity contribution in [2.45, 2.75) is 38.7 Å². The molecule has 3 heteroatoms. The molecule has 0 radical (unpaired) electrons. The van der Waals surface area contributed by atoms with E-state index in [1.807, 2.05) is 0 Å². The van der Waals surface area contributed by atoms with Crippen LogP contribution in [0.2, 0.25) is 0 Å². The highest BCUT2D eigenvalue weighted by atomic mass is 19.3. The largest absolute Gasteiger partial charge is 0.315 e. The average Bonchev–Trinajstić information content (AvgIpc) is 1.60. The summed E-state index contributed by atoms with van der Waals surface area (Å²) in [5.41, 5.74) is -0.474. The summed E-state index contributed by atoms with van der Waals surface area (Å²) >= 11 is 0. The Balaban J connectivity index is 3.89. The van der Waals surface area contributed by atoms with E-state index in [1.165, 1.54) is 0 Å². The predicted octanol–water partition coefficient (Wildman–Crippen LogP) is 2.03. The number of nitrogens with one attached hydrogen (secondary N) is 1. The topological polar surface area (TPSA) is 12.0 Å². The van der Waals surface area contributed by atoms with Gasteiger partial charge in [0.05, 0.1) is 0 Å². The van der Waals surface area contributed by atoms with Crippen LogP contribution in [0, 0.1) is 0 Å². The molecule has 1 nitrogen and oxygen atoms in total. The molecule has 0 heterocycles. The standard InChI is InChI=1S/C7H15F2N/c1-6(2,10-4)5-7(3,8)9/h10H,5H2,1-4H3. The third kappa shape index (κ3) is 4.68. The van der Waals surface area contributed by atoms with Gasteiger partial charge in [-0.3, -0.25) is 0 Å². The van der Waals surface area contributed by atoms with Crippen LogP contribution in [0.3, 0.4) is 0 Å². The molecule has 0 aliphatic rings. The smallest absolute Gasteiger partial charge is 0.247 e. The SMILES string of the molecule is CNC(C)(C)CC(C)(F)F. The molecule has 0 spiro atoms. The van der Waals surface area contributed by atoms with Gasteiger partial charge in [-0.25, -0.2) is 8.78 Å². The maximum absolute atomic E-state index is 12.4. The Kier molecular flexibility index (Phi) is 2.77. The molecule has 62 valence electrons. The van der Waals surface area contributed by atoms with E-state index in [0.717, 1.165) is 6.92 Å². The molecule has 0 aromatic heterocycles. The van der Waals surface area contributed by atoms with E-state index < -0.39 is 11.5 Å². The predicted molar refractivity (Wildman–Crippen MR) is 38.4 cm³/mol. The number of hydrogen-bond acceptors (Lipinski definition) is 1. The maximum Gasteiger partial charge on any atom is 0.247 e. The van der Waals surface area contributed by atoms with Crippen LogP contribution in [0.4, 0.5) is 8.78 Å². The Morgan fingerprint density at radius 2 is 1.60 bits per heavy atom. The molecule has 0 bridgehead atoms. The molecule has 0 aromatic carbocycles. The van der Waals surface area contributed by atoms with Crippen LogP contribution >= 0.6 is 0 Å². The maximum atomic E-state index is 12.4. The molecule has 0 saturated heterocycles. The summed E-state index contributed by atoms with van der Waals surface area (Å²) in [6, 6.07) is 0. The minimum Gasteiger partial charge on any atom is -0.315 e. The highest BCUT2D eigenvalue weighted by Gasteiger charge is 2.30. The lowest BCUT2D eigenvalue weighted by molar-refractivity contribution is -0.00884. The second-order valence-electron chi connectivity index (χ2n) is 3.38. The first-order valence-corrected chi connectivity index (χ1v) is 3.34. The number of rotatable bonds is 3. The van der Waals surface area contributed by atoms with Crippen LogP contribution in [0.1, 0.15) is 27.2 Å². The molecule has 0 atom stereocenters. The minimum absolute atomic E-state index is 0.128. The fourth-order valence-electron chi connectivity index (χ4n) is 0.864. The van der Waals surface area contributed by atoms with Gasteiger partial charge in [-0.05, 0) is 27.8 Å². The van der Waals surface area contributed by atoms with Crippen LogP contribution in [-0.4, -0.2) is 18.5 Å². The van der Waals surface area contributed by atoms with Crippen molar-refractivity contribution < 1.29 is 8.78 Å². The third-order valence-electron chi connectivity index (χ3n) is 1.43. The fourth-order valence-corrected chi connectivity index (χ4v) is 0.864. The van der Waals surface area contributed by atoms with Crippen molar-refractivity contribution in [3.05, 3.63) is 0 Å². The number of halogens is 2. The summed E-state index contributed by atoms with van der Waals surface area (Å²) in [6.45, 7) is 4.45. The van der Waals surface area contributed by atoms with Gasteiger partial charge in [-0.2, -0.15) is 0 Å². The van der Waals surface area contributed by atoms with Crippen molar-refractivity contribution >= 4 is 0 Å². The first kappa shape index (κ1) is 9.82. The molecule has 0 unspecified atom stereocenters. The van der Waals surface area contributed by atoms with Gasteiger partial charge in [0.25, 0.3) is 0 Å². The first-order chi connectivity index (χ1) is 4.27. The van der Waals surface area contributed by atoms with Gasteiger partial charge < -0.3 is 5.32 Å². The molecule has 0 amide bonds. The van der Waals surface area contributed by atoms with Crippen LogP contribution in [0.5, 0.6) is 0 Å². The Morgan fingerprint density at radius 1 is 1.20 bits per heavy atom. The average molecular weight is 151 g/mol. The zero-order valence-corrected chi connectivity index (χ0v) is 6.96. The van der Waals surface area contributed by atoms with Crippen molar-refractivity contribution in [2.24, 2.45) is 0 Å². The van der Waals surface area contributed by atoms with Gasteiger partial charge in [0.15, 0.2) is 0 Å². The summed E-state index contributed by atoms with van der Waals surface area (Å²) in [4.78, 5) is 0. The Labute approximate surface area is 60.8 Å². The van der Waals surface area contributed by atoms with E-state index in [2.05, 4.69) is 5.32 Å². The molecule has 0 aliphatic carbocycles. The van der Waals surface area contributed by atoms with E-state index >= 15 is 0 Å². The lowest BCUT2D eigenvalue weighted by Crippen LogP contribution is -2.40. The molecule has 10 heavy (non-hydrogen) atoms. The summed E-state index contributed by atoms with van der Waals surface area (Å²) < 4.78 is 24.7. The third-order valence-corrected chi connectivity index (χ3v) is 1.43. The van der Waals surface area contributed by atoms with Crippen LogP contribution in [0.15, 0.2) is 0 Å². The van der Waals surface area contributed by atoms with Gasteiger partial charge in [0.2, 0.25) is 5.92 Å². The van der Waals surface area contributed by atoms with Crippen molar-refractivity contribution in [1.29, 1.82) is 0 Å². The normalized spacial score (nSPS) is 13.8. The van der Waals surface area contributed by atoms with E-state index in [1.54, 1.807) is 20.9 Å². The summed E-state index contributed by atoms with van der Waals surface area (Å²) in [7, 11) is 1.69. The zero-order valence-electron chi connectivity index (χ0n) is 6.96. The first-order valence-electron chi connectivity index (χ1n) is 3.34. The van der Waals surface area contributed by atoms with Crippen LogP contribution in [-0.2, 0) is 0 Å². The molecule has 0 rings (SSSR count). The molecule has 0 aromatic rings. The minimum atomic E-state index is -2.58. The number of alkyl halides is 2. The molecule has 0 aliphatic heterocycles. The summed E-state index contributed by atoms with van der Waals surface area (Å²) in [5, 5.41) is 2.82. The van der Waals surface area contributed by atoms with E-state index in [-0.39, 0.29) is 6.42 Å².